The molecule has 19 heavy (non-hydrogen) atoms. The Bertz CT molecular complexity index is 621. The maximum absolute atomic E-state index is 11.1. The number of hydrogen-bond acceptors (Lipinski definition) is 2. The number of rotatable bonds is 2. The van der Waals surface area contributed by atoms with Gasteiger partial charge in [0, 0.05) is 24.2 Å². The molecule has 2 aromatic rings. The van der Waals surface area contributed by atoms with Crippen molar-refractivity contribution >= 4 is 5.97 Å². The van der Waals surface area contributed by atoms with Crippen molar-refractivity contribution in [3.63, 3.8) is 0 Å². The standard InChI is InChI=1S/C15H18N2O2/c1-15(2,3)13-12(9-17(4)16-13)10-6-5-7-11(8-10)14(18)19/h5-9H,1-4H3,(H,18,19). The number of carboxylic acid groups (broad SMARTS) is 1. The van der Waals surface area contributed by atoms with Crippen molar-refractivity contribution in [2.24, 2.45) is 7.05 Å². The minimum atomic E-state index is -0.914. The lowest BCUT2D eigenvalue weighted by molar-refractivity contribution is 0.0697. The smallest absolute Gasteiger partial charge is 0.335 e. The van der Waals surface area contributed by atoms with Gasteiger partial charge in [0.25, 0.3) is 0 Å². The van der Waals surface area contributed by atoms with Crippen molar-refractivity contribution in [1.29, 1.82) is 0 Å². The van der Waals surface area contributed by atoms with Crippen molar-refractivity contribution in [3.05, 3.63) is 41.7 Å². The van der Waals surface area contributed by atoms with Crippen LogP contribution in [0.15, 0.2) is 30.5 Å². The van der Waals surface area contributed by atoms with Gasteiger partial charge in [0.05, 0.1) is 11.3 Å². The Hall–Kier alpha value is -2.10. The number of nitrogens with zero attached hydrogens (tertiary/aromatic N) is 2. The molecule has 1 heterocycles. The molecular weight excluding hydrogens is 240 g/mol. The molecule has 1 N–H and O–H groups in total. The van der Waals surface area contributed by atoms with Gasteiger partial charge in [0.1, 0.15) is 0 Å². The lowest BCUT2D eigenvalue weighted by Crippen LogP contribution is -2.13. The first-order valence-corrected chi connectivity index (χ1v) is 6.17. The van der Waals surface area contributed by atoms with Crippen molar-refractivity contribution in [2.75, 3.05) is 0 Å². The largest absolute Gasteiger partial charge is 0.478 e. The van der Waals surface area contributed by atoms with Gasteiger partial charge in [-0.25, -0.2) is 4.79 Å². The van der Waals surface area contributed by atoms with Gasteiger partial charge in [-0.15, -0.1) is 0 Å². The molecule has 0 atom stereocenters. The maximum Gasteiger partial charge on any atom is 0.335 e. The van der Waals surface area contributed by atoms with Crippen LogP contribution in [0.3, 0.4) is 0 Å². The van der Waals surface area contributed by atoms with Crippen molar-refractivity contribution in [2.45, 2.75) is 26.2 Å². The first-order valence-electron chi connectivity index (χ1n) is 6.17. The van der Waals surface area contributed by atoms with Crippen LogP contribution in [0.5, 0.6) is 0 Å². The highest BCUT2D eigenvalue weighted by molar-refractivity contribution is 5.89. The van der Waals surface area contributed by atoms with E-state index < -0.39 is 5.97 Å². The normalized spacial score (nSPS) is 11.6. The molecule has 0 saturated heterocycles. The van der Waals surface area contributed by atoms with Crippen molar-refractivity contribution in [1.82, 2.24) is 9.78 Å². The minimum Gasteiger partial charge on any atom is -0.478 e. The Morgan fingerprint density at radius 3 is 2.58 bits per heavy atom. The summed E-state index contributed by atoms with van der Waals surface area (Å²) in [5.41, 5.74) is 3.05. The molecule has 0 aliphatic carbocycles. The van der Waals surface area contributed by atoms with Crippen LogP contribution in [0.4, 0.5) is 0 Å². The summed E-state index contributed by atoms with van der Waals surface area (Å²) in [7, 11) is 1.87. The first-order chi connectivity index (χ1) is 8.79. The highest BCUT2D eigenvalue weighted by atomic mass is 16.4. The van der Waals surface area contributed by atoms with Gasteiger partial charge < -0.3 is 5.11 Å². The SMILES string of the molecule is Cn1cc(-c2cccc(C(=O)O)c2)c(C(C)(C)C)n1. The highest BCUT2D eigenvalue weighted by Crippen LogP contribution is 2.32. The molecule has 0 amide bonds. The molecule has 0 fully saturated rings. The fourth-order valence-electron chi connectivity index (χ4n) is 2.07. The summed E-state index contributed by atoms with van der Waals surface area (Å²) in [5.74, 6) is -0.914. The van der Waals surface area contributed by atoms with Gasteiger partial charge in [0.2, 0.25) is 0 Å². The second-order valence-corrected chi connectivity index (χ2v) is 5.70. The number of carbonyl (C=O) groups is 1. The summed E-state index contributed by atoms with van der Waals surface area (Å²) >= 11 is 0. The van der Waals surface area contributed by atoms with Crippen LogP contribution in [0.25, 0.3) is 11.1 Å². The summed E-state index contributed by atoms with van der Waals surface area (Å²) < 4.78 is 1.77. The third kappa shape index (κ3) is 2.67. The minimum absolute atomic E-state index is 0.0875. The van der Waals surface area contributed by atoms with E-state index in [0.29, 0.717) is 5.56 Å². The topological polar surface area (TPSA) is 55.1 Å². The van der Waals surface area contributed by atoms with E-state index in [2.05, 4.69) is 25.9 Å². The Morgan fingerprint density at radius 2 is 2.00 bits per heavy atom. The van der Waals surface area contributed by atoms with Crippen LogP contribution in [0, 0.1) is 0 Å². The Labute approximate surface area is 112 Å². The summed E-state index contributed by atoms with van der Waals surface area (Å²) in [6.45, 7) is 6.29. The monoisotopic (exact) mass is 258 g/mol. The number of aromatic carboxylic acids is 1. The fraction of sp³-hybridized carbons (Fsp3) is 0.333. The Kier molecular flexibility index (Phi) is 3.18. The zero-order chi connectivity index (χ0) is 14.2. The number of aryl methyl sites for hydroxylation is 1. The number of benzene rings is 1. The molecule has 1 aromatic heterocycles. The van der Waals surface area contributed by atoms with Gasteiger partial charge in [-0.3, -0.25) is 4.68 Å². The number of carboxylic acids is 1. The molecule has 0 aliphatic rings. The van der Waals surface area contributed by atoms with Crippen LogP contribution in [-0.4, -0.2) is 20.9 Å². The van der Waals surface area contributed by atoms with E-state index in [4.69, 9.17) is 5.11 Å². The van der Waals surface area contributed by atoms with E-state index in [-0.39, 0.29) is 5.41 Å². The molecule has 0 unspecified atom stereocenters. The Balaban J connectivity index is 2.59. The molecule has 2 rings (SSSR count). The highest BCUT2D eigenvalue weighted by Gasteiger charge is 2.23. The van der Waals surface area contributed by atoms with Gasteiger partial charge in [-0.2, -0.15) is 5.10 Å². The molecular formula is C15H18N2O2. The average molecular weight is 258 g/mol. The van der Waals surface area contributed by atoms with E-state index in [0.717, 1.165) is 16.8 Å². The molecule has 0 bridgehead atoms. The van der Waals surface area contributed by atoms with E-state index in [1.165, 1.54) is 0 Å². The first kappa shape index (κ1) is 13.3. The summed E-state index contributed by atoms with van der Waals surface area (Å²) in [4.78, 5) is 11.1. The zero-order valence-corrected chi connectivity index (χ0v) is 11.6. The van der Waals surface area contributed by atoms with Gasteiger partial charge in [0.15, 0.2) is 0 Å². The second-order valence-electron chi connectivity index (χ2n) is 5.70. The lowest BCUT2D eigenvalue weighted by Gasteiger charge is -2.17. The quantitative estimate of drug-likeness (QED) is 0.900. The zero-order valence-electron chi connectivity index (χ0n) is 11.6. The molecule has 0 spiro atoms. The van der Waals surface area contributed by atoms with Crippen molar-refractivity contribution < 1.29 is 9.90 Å². The third-order valence-electron chi connectivity index (χ3n) is 2.96. The van der Waals surface area contributed by atoms with Crippen LogP contribution in [-0.2, 0) is 12.5 Å². The lowest BCUT2D eigenvalue weighted by atomic mass is 9.87. The predicted octanol–water partition coefficient (Wildman–Crippen LogP) is 3.08. The summed E-state index contributed by atoms with van der Waals surface area (Å²) in [5, 5.41) is 13.6. The second kappa shape index (κ2) is 4.53. The van der Waals surface area contributed by atoms with Gasteiger partial charge in [-0.1, -0.05) is 32.9 Å². The molecule has 4 heteroatoms. The Morgan fingerprint density at radius 1 is 1.32 bits per heavy atom. The van der Waals surface area contributed by atoms with E-state index in [9.17, 15) is 4.79 Å². The van der Waals surface area contributed by atoms with Crippen LogP contribution < -0.4 is 0 Å². The fourth-order valence-corrected chi connectivity index (χ4v) is 2.07. The van der Waals surface area contributed by atoms with E-state index in [1.807, 2.05) is 19.3 Å². The predicted molar refractivity (Wildman–Crippen MR) is 74.3 cm³/mol. The molecule has 0 radical (unpaired) electrons. The molecule has 0 aliphatic heterocycles. The maximum atomic E-state index is 11.1. The number of hydrogen-bond donors (Lipinski definition) is 1. The van der Waals surface area contributed by atoms with E-state index in [1.54, 1.807) is 22.9 Å². The van der Waals surface area contributed by atoms with Crippen LogP contribution in [0.1, 0.15) is 36.8 Å². The third-order valence-corrected chi connectivity index (χ3v) is 2.96. The van der Waals surface area contributed by atoms with Gasteiger partial charge in [-0.05, 0) is 17.7 Å². The molecule has 4 nitrogen and oxygen atoms in total. The molecule has 0 saturated carbocycles. The van der Waals surface area contributed by atoms with Gasteiger partial charge >= 0.3 is 5.97 Å². The molecule has 100 valence electrons. The van der Waals surface area contributed by atoms with E-state index >= 15 is 0 Å². The van der Waals surface area contributed by atoms with Crippen LogP contribution >= 0.6 is 0 Å². The van der Waals surface area contributed by atoms with Crippen LogP contribution in [0.2, 0.25) is 0 Å². The summed E-state index contributed by atoms with van der Waals surface area (Å²) in [6.07, 6.45) is 1.93. The summed E-state index contributed by atoms with van der Waals surface area (Å²) in [6, 6.07) is 6.96. The number of aromatic nitrogens is 2. The average Bonchev–Trinajstić information content (AvgIpc) is 2.71. The van der Waals surface area contributed by atoms with Crippen molar-refractivity contribution in [3.8, 4) is 11.1 Å². The molecule has 1 aromatic carbocycles.